The molecule has 26 heavy (non-hydrogen) atoms. The van der Waals surface area contributed by atoms with Gasteiger partial charge in [0.2, 0.25) is 0 Å². The summed E-state index contributed by atoms with van der Waals surface area (Å²) in [5.41, 5.74) is 6.80. The maximum Gasteiger partial charge on any atom is -0.0140 e. The summed E-state index contributed by atoms with van der Waals surface area (Å²) in [6, 6.07) is 0. The minimum absolute atomic E-state index is 0.476. The van der Waals surface area contributed by atoms with Crippen LogP contribution in [0.4, 0.5) is 0 Å². The Hall–Kier alpha value is -1.04. The Balaban J connectivity index is 0.00000117. The Kier molecular flexibility index (Phi) is 7.56. The highest BCUT2D eigenvalue weighted by Crippen LogP contribution is 2.59. The van der Waals surface area contributed by atoms with E-state index in [2.05, 4.69) is 46.1 Å². The van der Waals surface area contributed by atoms with Gasteiger partial charge >= 0.3 is 0 Å². The molecule has 0 aromatic carbocycles. The molecule has 0 saturated heterocycles. The lowest BCUT2D eigenvalue weighted by molar-refractivity contribution is 0.154. The molecule has 0 amide bonds. The lowest BCUT2D eigenvalue weighted by atomic mass is 9.62. The third kappa shape index (κ3) is 4.26. The molecular weight excluding hydrogens is 312 g/mol. The number of hydrogen-bond donors (Lipinski definition) is 0. The Morgan fingerprint density at radius 2 is 1.88 bits per heavy atom. The van der Waals surface area contributed by atoms with Gasteiger partial charge in [-0.2, -0.15) is 0 Å². The predicted molar refractivity (Wildman–Crippen MR) is 117 cm³/mol. The first-order valence-electron chi connectivity index (χ1n) is 11.2. The maximum absolute atomic E-state index is 4.41. The number of fused-ring (bicyclic) bond motifs is 1. The van der Waals surface area contributed by atoms with Crippen LogP contribution in [0, 0.1) is 23.2 Å². The molecule has 3 saturated carbocycles. The summed E-state index contributed by atoms with van der Waals surface area (Å²) in [6.45, 7) is 19.8. The fraction of sp³-hybridized carbons (Fsp3) is 0.692. The molecular formula is C26H42. The van der Waals surface area contributed by atoms with E-state index in [1.165, 1.54) is 62.5 Å². The molecule has 0 aromatic rings. The van der Waals surface area contributed by atoms with E-state index in [0.29, 0.717) is 11.3 Å². The van der Waals surface area contributed by atoms with Crippen molar-refractivity contribution in [2.45, 2.75) is 92.4 Å². The van der Waals surface area contributed by atoms with Crippen molar-refractivity contribution in [2.75, 3.05) is 0 Å². The summed E-state index contributed by atoms with van der Waals surface area (Å²) < 4.78 is 0. The second-order valence-electron chi connectivity index (χ2n) is 8.88. The van der Waals surface area contributed by atoms with Crippen molar-refractivity contribution in [3.8, 4) is 0 Å². The first kappa shape index (κ1) is 21.3. The summed E-state index contributed by atoms with van der Waals surface area (Å²) in [5, 5.41) is 0. The highest BCUT2D eigenvalue weighted by Gasteiger charge is 2.49. The van der Waals surface area contributed by atoms with E-state index in [4.69, 9.17) is 0 Å². The lowest BCUT2D eigenvalue weighted by Crippen LogP contribution is -2.33. The van der Waals surface area contributed by atoms with Gasteiger partial charge in [-0.1, -0.05) is 82.2 Å². The van der Waals surface area contributed by atoms with E-state index in [1.807, 2.05) is 13.8 Å². The second-order valence-corrected chi connectivity index (χ2v) is 8.88. The van der Waals surface area contributed by atoms with Gasteiger partial charge in [0.15, 0.2) is 0 Å². The highest BCUT2D eigenvalue weighted by molar-refractivity contribution is 5.28. The van der Waals surface area contributed by atoms with Gasteiger partial charge in [0.1, 0.15) is 0 Å². The third-order valence-electron chi connectivity index (χ3n) is 7.48. The molecule has 0 aromatic heterocycles. The number of rotatable bonds is 3. The van der Waals surface area contributed by atoms with Gasteiger partial charge in [0, 0.05) is 0 Å². The predicted octanol–water partition coefficient (Wildman–Crippen LogP) is 8.42. The molecule has 0 heterocycles. The molecule has 0 nitrogen and oxygen atoms in total. The standard InChI is InChI=1S/C24H36.C2H6/c1-6-17(2)22-13-14-23-21(8-7-15-24(22,23)5)12-11-20-10-9-18(3)19(4)16-20;1-2/h11-12,19,22-23H,2-3,6-10,13-16H2,1,4-5H3;1-2H3/b20-11-,21-12+;. The van der Waals surface area contributed by atoms with Gasteiger partial charge in [-0.05, 0) is 81.0 Å². The Labute approximate surface area is 163 Å². The van der Waals surface area contributed by atoms with Gasteiger partial charge in [-0.15, -0.1) is 0 Å². The molecule has 4 atom stereocenters. The van der Waals surface area contributed by atoms with Crippen LogP contribution in [0.3, 0.4) is 0 Å². The number of allylic oxidation sites excluding steroid dienone is 6. The molecule has 0 spiro atoms. The summed E-state index contributed by atoms with van der Waals surface area (Å²) in [5.74, 6) is 2.22. The normalized spacial score (nSPS) is 37.3. The van der Waals surface area contributed by atoms with Crippen molar-refractivity contribution in [1.29, 1.82) is 0 Å². The summed E-state index contributed by atoms with van der Waals surface area (Å²) in [6.07, 6.45) is 16.6. The van der Waals surface area contributed by atoms with Crippen LogP contribution < -0.4 is 0 Å². The van der Waals surface area contributed by atoms with Crippen LogP contribution in [-0.2, 0) is 0 Å². The fourth-order valence-electron chi connectivity index (χ4n) is 5.74. The van der Waals surface area contributed by atoms with Crippen molar-refractivity contribution in [3.05, 3.63) is 47.6 Å². The van der Waals surface area contributed by atoms with Crippen LogP contribution in [0.2, 0.25) is 0 Å². The molecule has 0 bridgehead atoms. The average molecular weight is 355 g/mol. The largest absolute Gasteiger partial charge is 0.0996 e. The molecule has 3 rings (SSSR count). The summed E-state index contributed by atoms with van der Waals surface area (Å²) >= 11 is 0. The van der Waals surface area contributed by atoms with Crippen LogP contribution in [0.1, 0.15) is 92.4 Å². The molecule has 3 aliphatic carbocycles. The van der Waals surface area contributed by atoms with E-state index >= 15 is 0 Å². The Morgan fingerprint density at radius 1 is 1.15 bits per heavy atom. The van der Waals surface area contributed by atoms with E-state index in [0.717, 1.165) is 18.3 Å². The monoisotopic (exact) mass is 354 g/mol. The summed E-state index contributed by atoms with van der Waals surface area (Å²) in [4.78, 5) is 0. The molecule has 4 unspecified atom stereocenters. The number of hydrogen-bond acceptors (Lipinski definition) is 0. The molecule has 0 radical (unpaired) electrons. The van der Waals surface area contributed by atoms with Gasteiger partial charge < -0.3 is 0 Å². The van der Waals surface area contributed by atoms with Crippen molar-refractivity contribution in [1.82, 2.24) is 0 Å². The second kappa shape index (κ2) is 9.25. The van der Waals surface area contributed by atoms with Gasteiger partial charge in [-0.3, -0.25) is 0 Å². The van der Waals surface area contributed by atoms with Crippen molar-refractivity contribution >= 4 is 0 Å². The minimum Gasteiger partial charge on any atom is -0.0996 e. The third-order valence-corrected chi connectivity index (χ3v) is 7.48. The first-order valence-corrected chi connectivity index (χ1v) is 11.2. The van der Waals surface area contributed by atoms with E-state index < -0.39 is 0 Å². The van der Waals surface area contributed by atoms with Crippen LogP contribution in [0.15, 0.2) is 47.6 Å². The molecule has 3 aliphatic rings. The zero-order valence-electron chi connectivity index (χ0n) is 18.2. The topological polar surface area (TPSA) is 0 Å². The molecule has 3 fully saturated rings. The van der Waals surface area contributed by atoms with Crippen LogP contribution in [0.25, 0.3) is 0 Å². The van der Waals surface area contributed by atoms with Crippen LogP contribution in [0.5, 0.6) is 0 Å². The van der Waals surface area contributed by atoms with Gasteiger partial charge in [0.05, 0.1) is 0 Å². The first-order chi connectivity index (χ1) is 12.5. The Morgan fingerprint density at radius 3 is 2.54 bits per heavy atom. The van der Waals surface area contributed by atoms with E-state index in [-0.39, 0.29) is 0 Å². The van der Waals surface area contributed by atoms with Crippen molar-refractivity contribution in [3.63, 3.8) is 0 Å². The zero-order valence-corrected chi connectivity index (χ0v) is 18.2. The van der Waals surface area contributed by atoms with Crippen LogP contribution in [-0.4, -0.2) is 0 Å². The average Bonchev–Trinajstić information content (AvgIpc) is 3.01. The minimum atomic E-state index is 0.476. The quantitative estimate of drug-likeness (QED) is 0.446. The Bertz CT molecular complexity index is 573. The lowest BCUT2D eigenvalue weighted by Gasteiger charge is -2.43. The van der Waals surface area contributed by atoms with Crippen LogP contribution >= 0.6 is 0 Å². The molecule has 0 aliphatic heterocycles. The van der Waals surface area contributed by atoms with Gasteiger partial charge in [-0.25, -0.2) is 0 Å². The van der Waals surface area contributed by atoms with Crippen molar-refractivity contribution < 1.29 is 0 Å². The van der Waals surface area contributed by atoms with Gasteiger partial charge in [0.25, 0.3) is 0 Å². The van der Waals surface area contributed by atoms with Crippen molar-refractivity contribution in [2.24, 2.45) is 23.2 Å². The smallest absolute Gasteiger partial charge is 0.0140 e. The molecule has 0 heteroatoms. The zero-order chi connectivity index (χ0) is 19.3. The SMILES string of the molecule is C=C1CC/C(=C/C=C2\CCCC3(C)C(C(=C)CC)CCC23)CC1C.CC. The maximum atomic E-state index is 4.41. The molecule has 0 N–H and O–H groups in total. The fourth-order valence-corrected chi connectivity index (χ4v) is 5.74. The van der Waals surface area contributed by atoms with E-state index in [9.17, 15) is 0 Å². The van der Waals surface area contributed by atoms with E-state index in [1.54, 1.807) is 11.1 Å². The summed E-state index contributed by atoms with van der Waals surface area (Å²) in [7, 11) is 0. The highest BCUT2D eigenvalue weighted by atomic mass is 14.5. The molecule has 146 valence electrons.